The summed E-state index contributed by atoms with van der Waals surface area (Å²) < 4.78 is 43.6. The van der Waals surface area contributed by atoms with Crippen molar-refractivity contribution in [2.24, 2.45) is 5.92 Å². The first-order chi connectivity index (χ1) is 6.83. The Balaban J connectivity index is 2.33. The van der Waals surface area contributed by atoms with Gasteiger partial charge in [0.25, 0.3) is 0 Å². The van der Waals surface area contributed by atoms with E-state index >= 15 is 0 Å². The van der Waals surface area contributed by atoms with Crippen LogP contribution in [-0.4, -0.2) is 37.7 Å². The lowest BCUT2D eigenvalue weighted by molar-refractivity contribution is -0.214. The molecule has 0 saturated carbocycles. The smallest absolute Gasteiger partial charge is 0.378 e. The number of morpholine rings is 1. The van der Waals surface area contributed by atoms with E-state index in [4.69, 9.17) is 12.6 Å². The highest BCUT2D eigenvalue weighted by molar-refractivity contribution is 6.12. The third kappa shape index (κ3) is 1.34. The summed E-state index contributed by atoms with van der Waals surface area (Å²) in [5.74, 6) is -0.205. The van der Waals surface area contributed by atoms with Crippen LogP contribution < -0.4 is 5.32 Å². The minimum atomic E-state index is -4.28. The Morgan fingerprint density at radius 1 is 1.47 bits per heavy atom. The van der Waals surface area contributed by atoms with Crippen LogP contribution in [-0.2, 0) is 4.74 Å². The second-order valence-electron chi connectivity index (χ2n) is 4.35. The number of nitrogens with one attached hydrogen (secondary N) is 1. The summed E-state index contributed by atoms with van der Waals surface area (Å²) in [5, 5.41) is 2.55. The predicted octanol–water partition coefficient (Wildman–Crippen LogP) is 1.20. The average Bonchev–Trinajstić information content (AvgIpc) is 2.53. The zero-order valence-corrected chi connectivity index (χ0v) is 8.64. The van der Waals surface area contributed by atoms with Crippen LogP contribution in [0.25, 0.3) is 0 Å². The predicted molar refractivity (Wildman–Crippen MR) is 49.6 cm³/mol. The van der Waals surface area contributed by atoms with Gasteiger partial charge in [0.1, 0.15) is 13.9 Å². The minimum absolute atomic E-state index is 0.205. The van der Waals surface area contributed by atoms with Gasteiger partial charge in [-0.3, -0.25) is 5.32 Å². The van der Waals surface area contributed by atoms with Crippen molar-refractivity contribution in [1.29, 1.82) is 0 Å². The van der Waals surface area contributed by atoms with Crippen molar-refractivity contribution in [2.75, 3.05) is 0 Å². The Kier molecular flexibility index (Phi) is 2.36. The first kappa shape index (κ1) is 11.3. The fourth-order valence-corrected chi connectivity index (χ4v) is 2.91. The number of rotatable bonds is 1. The fraction of sp³-hybridized carbons (Fsp3) is 1.00. The van der Waals surface area contributed by atoms with E-state index in [1.807, 2.05) is 0 Å². The molecule has 0 aromatic rings. The van der Waals surface area contributed by atoms with Gasteiger partial charge in [0.05, 0.1) is 5.60 Å². The zero-order valence-electron chi connectivity index (χ0n) is 8.64. The molecule has 2 heterocycles. The summed E-state index contributed by atoms with van der Waals surface area (Å²) in [6, 6.07) is -2.61. The van der Waals surface area contributed by atoms with E-state index in [-0.39, 0.29) is 5.92 Å². The SMILES string of the molecule is [B][C@@H]1O[C@@]2(CC)C(C(F)(F)F)NC1[C@H]2C. The minimum Gasteiger partial charge on any atom is -0.378 e. The monoisotopic (exact) mass is 219 g/mol. The largest absolute Gasteiger partial charge is 0.406 e. The number of ether oxygens (including phenoxy) is 1. The van der Waals surface area contributed by atoms with Gasteiger partial charge in [-0.15, -0.1) is 0 Å². The second-order valence-corrected chi connectivity index (χ2v) is 4.35. The molecule has 0 amide bonds. The van der Waals surface area contributed by atoms with E-state index in [0.717, 1.165) is 0 Å². The summed E-state index contributed by atoms with van der Waals surface area (Å²) in [6.07, 6.45) is -3.96. The molecule has 2 saturated heterocycles. The van der Waals surface area contributed by atoms with E-state index in [1.165, 1.54) is 0 Å². The van der Waals surface area contributed by atoms with E-state index in [9.17, 15) is 13.2 Å². The maximum absolute atomic E-state index is 12.8. The van der Waals surface area contributed by atoms with Crippen molar-refractivity contribution in [3.63, 3.8) is 0 Å². The first-order valence-corrected chi connectivity index (χ1v) is 5.09. The molecule has 2 radical (unpaired) electrons. The molecule has 0 spiro atoms. The number of alkyl halides is 3. The zero-order chi connectivity index (χ0) is 11.4. The van der Waals surface area contributed by atoms with E-state index < -0.39 is 29.9 Å². The van der Waals surface area contributed by atoms with Gasteiger partial charge in [0.15, 0.2) is 0 Å². The second kappa shape index (κ2) is 3.14. The van der Waals surface area contributed by atoms with E-state index in [0.29, 0.717) is 6.42 Å². The quantitative estimate of drug-likeness (QED) is 0.669. The summed E-state index contributed by atoms with van der Waals surface area (Å²) in [5.41, 5.74) is -1.18. The van der Waals surface area contributed by atoms with Crippen LogP contribution in [0.2, 0.25) is 0 Å². The van der Waals surface area contributed by atoms with Crippen molar-refractivity contribution >= 4 is 7.85 Å². The van der Waals surface area contributed by atoms with Gasteiger partial charge in [0.2, 0.25) is 0 Å². The highest BCUT2D eigenvalue weighted by Gasteiger charge is 2.67. The van der Waals surface area contributed by atoms with Crippen molar-refractivity contribution in [2.45, 2.75) is 50.1 Å². The topological polar surface area (TPSA) is 21.3 Å². The van der Waals surface area contributed by atoms with Crippen molar-refractivity contribution in [3.8, 4) is 0 Å². The molecule has 2 aliphatic rings. The normalized spacial score (nSPS) is 49.9. The molecule has 0 aliphatic carbocycles. The molecule has 0 aromatic carbocycles. The van der Waals surface area contributed by atoms with Crippen LogP contribution >= 0.6 is 0 Å². The molecule has 2 aliphatic heterocycles. The Labute approximate surface area is 88.0 Å². The van der Waals surface area contributed by atoms with Gasteiger partial charge in [-0.05, 0) is 6.42 Å². The number of halogens is 3. The Morgan fingerprint density at radius 2 is 2.07 bits per heavy atom. The number of hydrogen-bond donors (Lipinski definition) is 1. The molecular weight excluding hydrogens is 206 g/mol. The standard InChI is InChI=1S/C9H13BF3NO/c1-3-8-4(2)5(6(10)15-8)14-7(8)9(11,12)13/h4-7,14H,3H2,1-2H3/t4-,5?,6-,7?,8-/m1/s1. The molecule has 2 bridgehead atoms. The van der Waals surface area contributed by atoms with Gasteiger partial charge >= 0.3 is 6.18 Å². The van der Waals surface area contributed by atoms with Crippen LogP contribution in [0.15, 0.2) is 0 Å². The third-order valence-electron chi connectivity index (χ3n) is 3.75. The molecular formula is C9H13BF3NO. The third-order valence-corrected chi connectivity index (χ3v) is 3.75. The molecule has 6 heteroatoms. The maximum atomic E-state index is 12.8. The van der Waals surface area contributed by atoms with Crippen molar-refractivity contribution in [3.05, 3.63) is 0 Å². The van der Waals surface area contributed by atoms with Gasteiger partial charge in [-0.25, -0.2) is 0 Å². The molecule has 15 heavy (non-hydrogen) atoms. The van der Waals surface area contributed by atoms with E-state index in [1.54, 1.807) is 13.8 Å². The van der Waals surface area contributed by atoms with Crippen LogP contribution in [0.1, 0.15) is 20.3 Å². The summed E-state index contributed by atoms with van der Waals surface area (Å²) >= 11 is 0. The lowest BCUT2D eigenvalue weighted by Crippen LogP contribution is -2.59. The number of fused-ring (bicyclic) bond motifs is 2. The Bertz CT molecular complexity index is 273. The Morgan fingerprint density at radius 3 is 2.47 bits per heavy atom. The molecule has 84 valence electrons. The van der Waals surface area contributed by atoms with Crippen molar-refractivity contribution in [1.82, 2.24) is 5.32 Å². The summed E-state index contributed by atoms with van der Waals surface area (Å²) in [6.45, 7) is 3.47. The molecule has 2 unspecified atom stereocenters. The molecule has 0 aromatic heterocycles. The molecule has 1 N–H and O–H groups in total. The van der Waals surface area contributed by atoms with Crippen LogP contribution in [0, 0.1) is 5.92 Å². The maximum Gasteiger partial charge on any atom is 0.406 e. The van der Waals surface area contributed by atoms with Crippen LogP contribution in [0.5, 0.6) is 0 Å². The molecule has 2 rings (SSSR count). The van der Waals surface area contributed by atoms with Crippen molar-refractivity contribution < 1.29 is 17.9 Å². The molecule has 2 fully saturated rings. The average molecular weight is 219 g/mol. The fourth-order valence-electron chi connectivity index (χ4n) is 2.91. The van der Waals surface area contributed by atoms with Crippen LogP contribution in [0.4, 0.5) is 13.2 Å². The summed E-state index contributed by atoms with van der Waals surface area (Å²) in [7, 11) is 5.62. The van der Waals surface area contributed by atoms with Gasteiger partial charge in [-0.1, -0.05) is 13.8 Å². The lowest BCUT2D eigenvalue weighted by Gasteiger charge is -2.38. The Hall–Kier alpha value is -0.225. The number of hydrogen-bond acceptors (Lipinski definition) is 2. The van der Waals surface area contributed by atoms with Crippen LogP contribution in [0.3, 0.4) is 0 Å². The van der Waals surface area contributed by atoms with Gasteiger partial charge in [-0.2, -0.15) is 13.2 Å². The van der Waals surface area contributed by atoms with Gasteiger partial charge in [0, 0.05) is 18.0 Å². The van der Waals surface area contributed by atoms with Gasteiger partial charge < -0.3 is 4.74 Å². The first-order valence-electron chi connectivity index (χ1n) is 5.09. The lowest BCUT2D eigenvalue weighted by atomic mass is 9.81. The molecule has 5 atom stereocenters. The highest BCUT2D eigenvalue weighted by Crippen LogP contribution is 2.50. The summed E-state index contributed by atoms with van der Waals surface area (Å²) in [4.78, 5) is 0. The highest BCUT2D eigenvalue weighted by atomic mass is 19.4. The van der Waals surface area contributed by atoms with E-state index in [2.05, 4.69) is 5.32 Å². The molecule has 2 nitrogen and oxygen atoms in total.